The van der Waals surface area contributed by atoms with Gasteiger partial charge in [-0.05, 0) is 49.2 Å². The summed E-state index contributed by atoms with van der Waals surface area (Å²) in [6.45, 7) is 5.71. The van der Waals surface area contributed by atoms with E-state index in [0.717, 1.165) is 21.7 Å². The summed E-state index contributed by atoms with van der Waals surface area (Å²) < 4.78 is 5.09. The smallest absolute Gasteiger partial charge is 0.264 e. The molecule has 0 bridgehead atoms. The summed E-state index contributed by atoms with van der Waals surface area (Å²) in [5.74, 6) is -0.126. The van der Waals surface area contributed by atoms with Crippen LogP contribution in [0.5, 0.6) is 0 Å². The number of hydrogen-bond donors (Lipinski definition) is 0. The molecule has 2 heterocycles. The Labute approximate surface area is 151 Å². The van der Waals surface area contributed by atoms with Crippen molar-refractivity contribution in [1.29, 1.82) is 0 Å². The van der Waals surface area contributed by atoms with E-state index in [1.54, 1.807) is 16.9 Å². The van der Waals surface area contributed by atoms with Crippen molar-refractivity contribution in [2.45, 2.75) is 20.5 Å². The zero-order valence-electron chi connectivity index (χ0n) is 14.7. The van der Waals surface area contributed by atoms with Gasteiger partial charge in [-0.2, -0.15) is 0 Å². The van der Waals surface area contributed by atoms with Crippen LogP contribution in [0.15, 0.2) is 30.3 Å². The highest BCUT2D eigenvalue weighted by Crippen LogP contribution is 2.23. The molecular weight excluding hydrogens is 336 g/mol. The highest BCUT2D eigenvalue weighted by molar-refractivity contribution is 7.14. The van der Waals surface area contributed by atoms with Crippen molar-refractivity contribution >= 4 is 28.8 Å². The Balaban J connectivity index is 1.70. The van der Waals surface area contributed by atoms with E-state index in [1.165, 1.54) is 11.3 Å². The average Bonchev–Trinajstić information content (AvgIpc) is 3.02. The molecule has 1 saturated heterocycles. The lowest BCUT2D eigenvalue weighted by atomic mass is 10.1. The molecule has 1 fully saturated rings. The van der Waals surface area contributed by atoms with Gasteiger partial charge in [0.2, 0.25) is 5.91 Å². The van der Waals surface area contributed by atoms with Crippen LogP contribution >= 0.6 is 11.3 Å². The number of thiophene rings is 1. The Hall–Kier alpha value is -2.18. The molecule has 0 radical (unpaired) electrons. The number of amides is 2. The van der Waals surface area contributed by atoms with Crippen molar-refractivity contribution in [1.82, 2.24) is 4.90 Å². The quantitative estimate of drug-likeness (QED) is 0.844. The Kier molecular flexibility index (Phi) is 5.20. The predicted octanol–water partition coefficient (Wildman–Crippen LogP) is 3.00. The van der Waals surface area contributed by atoms with Gasteiger partial charge in [0.15, 0.2) is 0 Å². The number of benzene rings is 1. The van der Waals surface area contributed by atoms with E-state index in [4.69, 9.17) is 4.74 Å². The summed E-state index contributed by atoms with van der Waals surface area (Å²) in [5.41, 5.74) is 3.17. The minimum Gasteiger partial charge on any atom is -0.379 e. The van der Waals surface area contributed by atoms with Crippen LogP contribution in [0.4, 0.5) is 5.69 Å². The van der Waals surface area contributed by atoms with Gasteiger partial charge < -0.3 is 14.5 Å². The van der Waals surface area contributed by atoms with E-state index in [2.05, 4.69) is 6.07 Å². The van der Waals surface area contributed by atoms with Gasteiger partial charge in [0.05, 0.1) is 11.5 Å². The second kappa shape index (κ2) is 7.37. The van der Waals surface area contributed by atoms with Crippen molar-refractivity contribution in [3.05, 3.63) is 51.2 Å². The van der Waals surface area contributed by atoms with Crippen LogP contribution in [0.2, 0.25) is 0 Å². The van der Waals surface area contributed by atoms with Crippen molar-refractivity contribution in [2.75, 3.05) is 31.6 Å². The molecule has 1 aromatic heterocycles. The summed E-state index contributed by atoms with van der Waals surface area (Å²) in [5, 5.41) is 0. The van der Waals surface area contributed by atoms with Gasteiger partial charge in [-0.3, -0.25) is 9.59 Å². The first-order valence-corrected chi connectivity index (χ1v) is 9.05. The topological polar surface area (TPSA) is 49.9 Å². The molecule has 0 aliphatic carbocycles. The monoisotopic (exact) mass is 358 g/mol. The number of carbonyl (C=O) groups excluding carboxylic acids is 2. The maximum atomic E-state index is 12.6. The van der Waals surface area contributed by atoms with Crippen molar-refractivity contribution < 1.29 is 14.3 Å². The second-order valence-electron chi connectivity index (χ2n) is 6.32. The Morgan fingerprint density at radius 2 is 1.88 bits per heavy atom. The number of piperazine rings is 1. The number of methoxy groups -OCH3 is 1. The van der Waals surface area contributed by atoms with E-state index in [0.29, 0.717) is 24.6 Å². The van der Waals surface area contributed by atoms with E-state index >= 15 is 0 Å². The molecular formula is C19H22N2O3S. The fourth-order valence-electron chi connectivity index (χ4n) is 3.09. The Morgan fingerprint density at radius 1 is 1.16 bits per heavy atom. The van der Waals surface area contributed by atoms with Gasteiger partial charge in [-0.25, -0.2) is 0 Å². The third-order valence-electron chi connectivity index (χ3n) is 4.19. The second-order valence-corrected chi connectivity index (χ2v) is 7.49. The summed E-state index contributed by atoms with van der Waals surface area (Å²) in [7, 11) is 1.63. The molecule has 1 aromatic carbocycles. The minimum absolute atomic E-state index is 0.0433. The van der Waals surface area contributed by atoms with Crippen molar-refractivity contribution in [2.24, 2.45) is 0 Å². The fourth-order valence-corrected chi connectivity index (χ4v) is 4.04. The lowest BCUT2D eigenvalue weighted by molar-refractivity contribution is -0.120. The first-order chi connectivity index (χ1) is 12.0. The van der Waals surface area contributed by atoms with Gasteiger partial charge in [0.25, 0.3) is 5.91 Å². The van der Waals surface area contributed by atoms with E-state index < -0.39 is 0 Å². The van der Waals surface area contributed by atoms with Crippen molar-refractivity contribution in [3.63, 3.8) is 0 Å². The van der Waals surface area contributed by atoms with Crippen LogP contribution in [0.3, 0.4) is 0 Å². The molecule has 0 unspecified atom stereocenters. The van der Waals surface area contributed by atoms with Crippen molar-refractivity contribution in [3.8, 4) is 0 Å². The lowest BCUT2D eigenvalue weighted by Crippen LogP contribution is -2.52. The first-order valence-electron chi connectivity index (χ1n) is 8.23. The standard InChI is InChI=1S/C19H22N2O3S/c1-13-8-14(2)10-15(9-13)21-7-6-20(11-18(21)22)19(23)17-5-4-16(25-17)12-24-3/h4-5,8-10H,6-7,11-12H2,1-3H3. The molecule has 0 saturated carbocycles. The Morgan fingerprint density at radius 3 is 2.52 bits per heavy atom. The largest absolute Gasteiger partial charge is 0.379 e. The molecule has 2 amide bonds. The molecule has 2 aromatic rings. The van der Waals surface area contributed by atoms with Gasteiger partial charge in [0, 0.05) is 30.8 Å². The van der Waals surface area contributed by atoms with Crippen LogP contribution in [0.1, 0.15) is 25.7 Å². The SMILES string of the molecule is COCc1ccc(C(=O)N2CCN(c3cc(C)cc(C)c3)C(=O)C2)s1. The third-order valence-corrected chi connectivity index (χ3v) is 5.23. The van der Waals surface area contributed by atoms with Gasteiger partial charge >= 0.3 is 0 Å². The van der Waals surface area contributed by atoms with Crippen LogP contribution in [-0.4, -0.2) is 43.5 Å². The summed E-state index contributed by atoms with van der Waals surface area (Å²) in [6, 6.07) is 9.82. The number of rotatable bonds is 4. The van der Waals surface area contributed by atoms with Crippen LogP contribution in [0, 0.1) is 13.8 Å². The normalized spacial score (nSPS) is 14.9. The molecule has 0 N–H and O–H groups in total. The molecule has 0 spiro atoms. The number of carbonyl (C=O) groups is 2. The highest BCUT2D eigenvalue weighted by atomic mass is 32.1. The zero-order valence-corrected chi connectivity index (χ0v) is 15.6. The Bertz CT molecular complexity index is 779. The van der Waals surface area contributed by atoms with Crippen LogP contribution in [-0.2, 0) is 16.1 Å². The highest BCUT2D eigenvalue weighted by Gasteiger charge is 2.29. The minimum atomic E-state index is -0.0826. The van der Waals surface area contributed by atoms with Crippen LogP contribution < -0.4 is 4.90 Å². The number of hydrogen-bond acceptors (Lipinski definition) is 4. The zero-order chi connectivity index (χ0) is 18.0. The summed E-state index contributed by atoms with van der Waals surface area (Å²) in [4.78, 5) is 30.3. The first kappa shape index (κ1) is 17.6. The fraction of sp³-hybridized carbons (Fsp3) is 0.368. The van der Waals surface area contributed by atoms with Crippen LogP contribution in [0.25, 0.3) is 0 Å². The van der Waals surface area contributed by atoms with E-state index in [-0.39, 0.29) is 18.4 Å². The molecule has 25 heavy (non-hydrogen) atoms. The molecule has 0 atom stereocenters. The number of ether oxygens (including phenoxy) is 1. The third kappa shape index (κ3) is 3.91. The van der Waals surface area contributed by atoms with Gasteiger partial charge in [-0.1, -0.05) is 6.07 Å². The maximum Gasteiger partial charge on any atom is 0.264 e. The number of nitrogens with zero attached hydrogens (tertiary/aromatic N) is 2. The molecule has 1 aliphatic heterocycles. The van der Waals surface area contributed by atoms with E-state index in [1.807, 2.05) is 38.1 Å². The maximum absolute atomic E-state index is 12.6. The summed E-state index contributed by atoms with van der Waals surface area (Å²) in [6.07, 6.45) is 0. The average molecular weight is 358 g/mol. The number of anilines is 1. The molecule has 132 valence electrons. The van der Waals surface area contributed by atoms with Gasteiger partial charge in [0.1, 0.15) is 6.54 Å². The molecule has 5 nitrogen and oxygen atoms in total. The number of aryl methyl sites for hydroxylation is 2. The summed E-state index contributed by atoms with van der Waals surface area (Å²) >= 11 is 1.42. The molecule has 1 aliphatic rings. The predicted molar refractivity (Wildman–Crippen MR) is 99.2 cm³/mol. The lowest BCUT2D eigenvalue weighted by Gasteiger charge is -2.34. The molecule has 3 rings (SSSR count). The van der Waals surface area contributed by atoms with E-state index in [9.17, 15) is 9.59 Å². The molecule has 6 heteroatoms. The van der Waals surface area contributed by atoms with Gasteiger partial charge in [-0.15, -0.1) is 11.3 Å².